The van der Waals surface area contributed by atoms with Crippen molar-refractivity contribution in [2.45, 2.75) is 38.6 Å². The summed E-state index contributed by atoms with van der Waals surface area (Å²) >= 11 is 0. The minimum absolute atomic E-state index is 0.157. The Hall–Kier alpha value is -0.520. The van der Waals surface area contributed by atoms with Crippen LogP contribution in [0.3, 0.4) is 0 Å². The van der Waals surface area contributed by atoms with E-state index in [1.165, 1.54) is 0 Å². The minimum atomic E-state index is 0.157. The summed E-state index contributed by atoms with van der Waals surface area (Å²) in [6.07, 6.45) is 8.96. The van der Waals surface area contributed by atoms with Gasteiger partial charge < -0.3 is 10.5 Å². The predicted octanol–water partition coefficient (Wildman–Crippen LogP) is 1.54. The van der Waals surface area contributed by atoms with E-state index in [1.54, 1.807) is 0 Å². The molecule has 0 aliphatic heterocycles. The average Bonchev–Trinajstić information content (AvgIpc) is 2.06. The van der Waals surface area contributed by atoms with Crippen molar-refractivity contribution in [3.05, 3.63) is 0 Å². The second-order valence-electron chi connectivity index (χ2n) is 2.93. The molecule has 1 unspecified atom stereocenters. The molecule has 12 heavy (non-hydrogen) atoms. The summed E-state index contributed by atoms with van der Waals surface area (Å²) in [4.78, 5) is 0. The summed E-state index contributed by atoms with van der Waals surface area (Å²) in [7, 11) is 0. The largest absolute Gasteiger partial charge is 0.380 e. The van der Waals surface area contributed by atoms with Gasteiger partial charge in [-0.05, 0) is 19.3 Å². The van der Waals surface area contributed by atoms with Gasteiger partial charge in [-0.1, -0.05) is 6.92 Å². The Balaban J connectivity index is 3.11. The minimum Gasteiger partial charge on any atom is -0.380 e. The fraction of sp³-hybridized carbons (Fsp3) is 0.800. The van der Waals surface area contributed by atoms with Crippen molar-refractivity contribution in [1.82, 2.24) is 0 Å². The van der Waals surface area contributed by atoms with E-state index in [0.29, 0.717) is 6.61 Å². The van der Waals surface area contributed by atoms with Crippen LogP contribution < -0.4 is 5.73 Å². The molecule has 0 aromatic carbocycles. The topological polar surface area (TPSA) is 35.2 Å². The van der Waals surface area contributed by atoms with Crippen molar-refractivity contribution in [3.63, 3.8) is 0 Å². The van der Waals surface area contributed by atoms with Crippen LogP contribution in [0.4, 0.5) is 0 Å². The summed E-state index contributed by atoms with van der Waals surface area (Å²) in [6.45, 7) is 3.56. The van der Waals surface area contributed by atoms with Gasteiger partial charge in [-0.3, -0.25) is 0 Å². The van der Waals surface area contributed by atoms with Crippen LogP contribution >= 0.6 is 0 Å². The van der Waals surface area contributed by atoms with Gasteiger partial charge in [0, 0.05) is 19.1 Å². The molecule has 0 fully saturated rings. The van der Waals surface area contributed by atoms with Crippen molar-refractivity contribution in [3.8, 4) is 12.3 Å². The van der Waals surface area contributed by atoms with Crippen LogP contribution in [0.25, 0.3) is 0 Å². The van der Waals surface area contributed by atoms with Gasteiger partial charge in [0.25, 0.3) is 0 Å². The first-order valence-corrected chi connectivity index (χ1v) is 4.58. The third-order valence-corrected chi connectivity index (χ3v) is 1.58. The molecule has 2 N–H and O–H groups in total. The Morgan fingerprint density at radius 3 is 2.92 bits per heavy atom. The third kappa shape index (κ3) is 7.59. The first-order valence-electron chi connectivity index (χ1n) is 4.58. The van der Waals surface area contributed by atoms with E-state index >= 15 is 0 Å². The molecule has 0 bridgehead atoms. The lowest BCUT2D eigenvalue weighted by Crippen LogP contribution is -2.26. The molecule has 0 spiro atoms. The van der Waals surface area contributed by atoms with Gasteiger partial charge in [-0.25, -0.2) is 0 Å². The molecule has 1 atom stereocenters. The van der Waals surface area contributed by atoms with E-state index in [9.17, 15) is 0 Å². The van der Waals surface area contributed by atoms with Crippen LogP contribution in [-0.4, -0.2) is 19.3 Å². The monoisotopic (exact) mass is 169 g/mol. The van der Waals surface area contributed by atoms with E-state index in [-0.39, 0.29) is 6.04 Å². The molecular formula is C10H19NO. The lowest BCUT2D eigenvalue weighted by molar-refractivity contribution is 0.119. The smallest absolute Gasteiger partial charge is 0.0617 e. The molecule has 0 radical (unpaired) electrons. The normalized spacial score (nSPS) is 12.4. The Morgan fingerprint density at radius 1 is 1.58 bits per heavy atom. The lowest BCUT2D eigenvalue weighted by atomic mass is 10.1. The molecule has 0 saturated heterocycles. The summed E-state index contributed by atoms with van der Waals surface area (Å²) in [6, 6.07) is 0.157. The second kappa shape index (κ2) is 8.58. The highest BCUT2D eigenvalue weighted by atomic mass is 16.5. The van der Waals surface area contributed by atoms with E-state index in [4.69, 9.17) is 16.9 Å². The molecule has 2 heteroatoms. The van der Waals surface area contributed by atoms with Crippen molar-refractivity contribution >= 4 is 0 Å². The van der Waals surface area contributed by atoms with E-state index in [1.807, 2.05) is 0 Å². The number of hydrogen-bond donors (Lipinski definition) is 1. The number of rotatable bonds is 7. The maximum absolute atomic E-state index is 5.76. The highest BCUT2D eigenvalue weighted by Crippen LogP contribution is 1.98. The van der Waals surface area contributed by atoms with Gasteiger partial charge in [0.15, 0.2) is 0 Å². The van der Waals surface area contributed by atoms with Crippen LogP contribution in [0.15, 0.2) is 0 Å². The standard InChI is InChI=1S/C10H19NO/c1-3-5-6-7-10(11)9-12-8-4-2/h1,10H,4-9,11H2,2H3. The zero-order chi connectivity index (χ0) is 9.23. The van der Waals surface area contributed by atoms with E-state index in [0.717, 1.165) is 32.3 Å². The second-order valence-corrected chi connectivity index (χ2v) is 2.93. The average molecular weight is 169 g/mol. The van der Waals surface area contributed by atoms with Crippen LogP contribution in [0.2, 0.25) is 0 Å². The van der Waals surface area contributed by atoms with Gasteiger partial charge in [-0.15, -0.1) is 12.3 Å². The molecule has 70 valence electrons. The van der Waals surface area contributed by atoms with Crippen molar-refractivity contribution < 1.29 is 4.74 Å². The van der Waals surface area contributed by atoms with Crippen LogP contribution in [0.1, 0.15) is 32.6 Å². The maximum atomic E-state index is 5.76. The van der Waals surface area contributed by atoms with Crippen molar-refractivity contribution in [2.24, 2.45) is 5.73 Å². The van der Waals surface area contributed by atoms with Gasteiger partial charge in [0.1, 0.15) is 0 Å². The third-order valence-electron chi connectivity index (χ3n) is 1.58. The maximum Gasteiger partial charge on any atom is 0.0617 e. The zero-order valence-electron chi connectivity index (χ0n) is 7.88. The molecule has 0 aliphatic rings. The number of nitrogens with two attached hydrogens (primary N) is 1. The van der Waals surface area contributed by atoms with Crippen molar-refractivity contribution in [2.75, 3.05) is 13.2 Å². The first-order chi connectivity index (χ1) is 5.81. The van der Waals surface area contributed by atoms with Crippen LogP contribution in [0.5, 0.6) is 0 Å². The molecule has 0 aromatic rings. The number of hydrogen-bond acceptors (Lipinski definition) is 2. The van der Waals surface area contributed by atoms with Crippen LogP contribution in [-0.2, 0) is 4.74 Å². The fourth-order valence-corrected chi connectivity index (χ4v) is 0.929. The molecule has 2 nitrogen and oxygen atoms in total. The zero-order valence-corrected chi connectivity index (χ0v) is 7.88. The molecular weight excluding hydrogens is 150 g/mol. The molecule has 0 heterocycles. The quantitative estimate of drug-likeness (QED) is 0.463. The summed E-state index contributed by atoms with van der Waals surface area (Å²) in [5, 5.41) is 0. The Bertz CT molecular complexity index is 128. The summed E-state index contributed by atoms with van der Waals surface area (Å²) < 4.78 is 5.30. The Kier molecular flexibility index (Phi) is 8.20. The molecule has 0 rings (SSSR count). The number of ether oxygens (including phenoxy) is 1. The first kappa shape index (κ1) is 11.5. The molecule has 0 amide bonds. The predicted molar refractivity (Wildman–Crippen MR) is 51.8 cm³/mol. The Labute approximate surface area is 75.5 Å². The Morgan fingerprint density at radius 2 is 2.33 bits per heavy atom. The van der Waals surface area contributed by atoms with Gasteiger partial charge in [0.05, 0.1) is 6.61 Å². The van der Waals surface area contributed by atoms with E-state index in [2.05, 4.69) is 12.8 Å². The SMILES string of the molecule is C#CCCCC(N)COCCC. The molecule has 0 aromatic heterocycles. The highest BCUT2D eigenvalue weighted by Gasteiger charge is 2.00. The number of unbranched alkanes of at least 4 members (excludes halogenated alkanes) is 1. The van der Waals surface area contributed by atoms with Crippen molar-refractivity contribution in [1.29, 1.82) is 0 Å². The van der Waals surface area contributed by atoms with Gasteiger partial charge in [0.2, 0.25) is 0 Å². The molecule has 0 aliphatic carbocycles. The fourth-order valence-electron chi connectivity index (χ4n) is 0.929. The summed E-state index contributed by atoms with van der Waals surface area (Å²) in [5.41, 5.74) is 5.76. The summed E-state index contributed by atoms with van der Waals surface area (Å²) in [5.74, 6) is 2.59. The van der Waals surface area contributed by atoms with Crippen LogP contribution in [0, 0.1) is 12.3 Å². The lowest BCUT2D eigenvalue weighted by Gasteiger charge is -2.10. The molecule has 0 saturated carbocycles. The van der Waals surface area contributed by atoms with E-state index < -0.39 is 0 Å². The highest BCUT2D eigenvalue weighted by molar-refractivity contribution is 4.83. The van der Waals surface area contributed by atoms with Gasteiger partial charge >= 0.3 is 0 Å². The van der Waals surface area contributed by atoms with Gasteiger partial charge in [-0.2, -0.15) is 0 Å². The number of terminal acetylenes is 1.